The number of nitrogens with two attached hydrogens (primary N) is 2. The van der Waals surface area contributed by atoms with Gasteiger partial charge >= 0.3 is 0 Å². The smallest absolute Gasteiger partial charge is 0.250 e. The standard InChI is InChI=1S/C16H25N3O4/c1-3-4-19-14(21)6-11-5-12(23-9-10(2)8-20)7-13(15(11)17)16(18)22/h5,7,10,20H,3-4,6,8-9,17H2,1-2H3,(H2,18,22)(H,19,21). The molecule has 7 heteroatoms. The van der Waals surface area contributed by atoms with Gasteiger partial charge in [0.2, 0.25) is 5.91 Å². The summed E-state index contributed by atoms with van der Waals surface area (Å²) in [5, 5.41) is 11.8. The zero-order valence-electron chi connectivity index (χ0n) is 13.6. The maximum atomic E-state index is 11.9. The zero-order valence-corrected chi connectivity index (χ0v) is 13.6. The van der Waals surface area contributed by atoms with E-state index in [4.69, 9.17) is 21.3 Å². The van der Waals surface area contributed by atoms with E-state index in [1.165, 1.54) is 6.07 Å². The third kappa shape index (κ3) is 5.78. The van der Waals surface area contributed by atoms with Crippen molar-refractivity contribution in [2.75, 3.05) is 25.5 Å². The summed E-state index contributed by atoms with van der Waals surface area (Å²) in [4.78, 5) is 23.4. The summed E-state index contributed by atoms with van der Waals surface area (Å²) in [6.07, 6.45) is 0.870. The molecule has 0 spiro atoms. The minimum atomic E-state index is -0.682. The van der Waals surface area contributed by atoms with E-state index in [0.717, 1.165) is 6.42 Å². The van der Waals surface area contributed by atoms with Crippen molar-refractivity contribution in [2.45, 2.75) is 26.7 Å². The molecule has 0 heterocycles. The zero-order chi connectivity index (χ0) is 17.4. The van der Waals surface area contributed by atoms with E-state index in [9.17, 15) is 9.59 Å². The number of ether oxygens (including phenoxy) is 1. The molecule has 0 aliphatic rings. The number of anilines is 1. The lowest BCUT2D eigenvalue weighted by Crippen LogP contribution is -2.26. The van der Waals surface area contributed by atoms with Crippen LogP contribution in [-0.2, 0) is 11.2 Å². The summed E-state index contributed by atoms with van der Waals surface area (Å²) in [7, 11) is 0. The first kappa shape index (κ1) is 18.8. The molecule has 2 amide bonds. The topological polar surface area (TPSA) is 128 Å². The summed E-state index contributed by atoms with van der Waals surface area (Å²) < 4.78 is 5.55. The van der Waals surface area contributed by atoms with Crippen molar-refractivity contribution in [1.82, 2.24) is 5.32 Å². The molecule has 6 N–H and O–H groups in total. The van der Waals surface area contributed by atoms with Crippen LogP contribution in [0.3, 0.4) is 0 Å². The Kier molecular flexibility index (Phi) is 7.34. The van der Waals surface area contributed by atoms with Crippen LogP contribution in [0.15, 0.2) is 12.1 Å². The van der Waals surface area contributed by atoms with Crippen LogP contribution in [0, 0.1) is 5.92 Å². The Labute approximate surface area is 136 Å². The van der Waals surface area contributed by atoms with E-state index in [-0.39, 0.29) is 42.7 Å². The highest BCUT2D eigenvalue weighted by molar-refractivity contribution is 5.99. The number of primary amides is 1. The molecule has 7 nitrogen and oxygen atoms in total. The normalized spacial score (nSPS) is 11.8. The SMILES string of the molecule is CCCNC(=O)Cc1cc(OCC(C)CO)cc(C(N)=O)c1N. The summed E-state index contributed by atoms with van der Waals surface area (Å²) >= 11 is 0. The Morgan fingerprint density at radius 3 is 2.65 bits per heavy atom. The molecule has 1 rings (SSSR count). The molecular formula is C16H25N3O4. The van der Waals surface area contributed by atoms with Gasteiger partial charge in [0.25, 0.3) is 5.91 Å². The number of rotatable bonds is 9. The van der Waals surface area contributed by atoms with E-state index in [2.05, 4.69) is 5.32 Å². The molecule has 1 aromatic rings. The van der Waals surface area contributed by atoms with Crippen LogP contribution < -0.4 is 21.5 Å². The van der Waals surface area contributed by atoms with E-state index >= 15 is 0 Å². The lowest BCUT2D eigenvalue weighted by molar-refractivity contribution is -0.120. The first-order chi connectivity index (χ1) is 10.9. The van der Waals surface area contributed by atoms with Gasteiger partial charge in [-0.1, -0.05) is 13.8 Å². The molecule has 0 radical (unpaired) electrons. The van der Waals surface area contributed by atoms with E-state index in [0.29, 0.717) is 17.9 Å². The molecule has 1 unspecified atom stereocenters. The Balaban J connectivity index is 3.00. The quantitative estimate of drug-likeness (QED) is 0.490. The molecule has 0 aliphatic carbocycles. The average molecular weight is 323 g/mol. The molecule has 0 aliphatic heterocycles. The van der Waals surface area contributed by atoms with E-state index in [1.54, 1.807) is 6.07 Å². The van der Waals surface area contributed by atoms with Crippen LogP contribution in [0.4, 0.5) is 5.69 Å². The van der Waals surface area contributed by atoms with Crippen molar-refractivity contribution in [3.8, 4) is 5.75 Å². The van der Waals surface area contributed by atoms with Gasteiger partial charge in [0.05, 0.1) is 18.6 Å². The summed E-state index contributed by atoms with van der Waals surface area (Å²) in [5.74, 6) is -0.527. The second-order valence-electron chi connectivity index (χ2n) is 5.53. The maximum Gasteiger partial charge on any atom is 0.250 e. The largest absolute Gasteiger partial charge is 0.493 e. The van der Waals surface area contributed by atoms with Crippen LogP contribution >= 0.6 is 0 Å². The van der Waals surface area contributed by atoms with Gasteiger partial charge in [-0.15, -0.1) is 0 Å². The van der Waals surface area contributed by atoms with Gasteiger partial charge in [0.1, 0.15) is 5.75 Å². The molecule has 0 fully saturated rings. The number of carbonyl (C=O) groups is 2. The molecular weight excluding hydrogens is 298 g/mol. The number of hydrogen-bond acceptors (Lipinski definition) is 5. The number of aliphatic hydroxyl groups is 1. The number of hydrogen-bond donors (Lipinski definition) is 4. The second kappa shape index (κ2) is 8.99. The summed E-state index contributed by atoms with van der Waals surface area (Å²) in [6.45, 7) is 4.62. The van der Waals surface area contributed by atoms with Gasteiger partial charge < -0.3 is 26.6 Å². The van der Waals surface area contributed by atoms with Crippen LogP contribution in [0.2, 0.25) is 0 Å². The average Bonchev–Trinajstić information content (AvgIpc) is 2.52. The molecule has 23 heavy (non-hydrogen) atoms. The minimum Gasteiger partial charge on any atom is -0.493 e. The predicted octanol–water partition coefficient (Wildman–Crippen LogP) is 0.444. The van der Waals surface area contributed by atoms with Gasteiger partial charge in [-0.3, -0.25) is 9.59 Å². The van der Waals surface area contributed by atoms with Crippen LogP contribution in [0.5, 0.6) is 5.75 Å². The van der Waals surface area contributed by atoms with Crippen molar-refractivity contribution in [2.24, 2.45) is 11.7 Å². The lowest BCUT2D eigenvalue weighted by Gasteiger charge is -2.15. The highest BCUT2D eigenvalue weighted by atomic mass is 16.5. The van der Waals surface area contributed by atoms with Gasteiger partial charge in [-0.2, -0.15) is 0 Å². The van der Waals surface area contributed by atoms with E-state index in [1.807, 2.05) is 13.8 Å². The fourth-order valence-corrected chi connectivity index (χ4v) is 1.91. The van der Waals surface area contributed by atoms with Gasteiger partial charge in [-0.05, 0) is 24.1 Å². The van der Waals surface area contributed by atoms with Crippen molar-refractivity contribution < 1.29 is 19.4 Å². The Hall–Kier alpha value is -2.28. The van der Waals surface area contributed by atoms with Gasteiger partial charge in [0.15, 0.2) is 0 Å². The number of benzene rings is 1. The van der Waals surface area contributed by atoms with Gasteiger partial charge in [0, 0.05) is 24.8 Å². The second-order valence-corrected chi connectivity index (χ2v) is 5.53. The number of nitrogens with one attached hydrogen (secondary N) is 1. The Morgan fingerprint density at radius 2 is 2.09 bits per heavy atom. The van der Waals surface area contributed by atoms with Crippen molar-refractivity contribution in [3.05, 3.63) is 23.3 Å². The number of aliphatic hydroxyl groups excluding tert-OH is 1. The molecule has 0 aromatic heterocycles. The Morgan fingerprint density at radius 1 is 1.39 bits per heavy atom. The molecule has 1 atom stereocenters. The van der Waals surface area contributed by atoms with Crippen molar-refractivity contribution >= 4 is 17.5 Å². The first-order valence-electron chi connectivity index (χ1n) is 7.61. The number of nitrogen functional groups attached to an aromatic ring is 1. The predicted molar refractivity (Wildman–Crippen MR) is 88.1 cm³/mol. The maximum absolute atomic E-state index is 11.9. The third-order valence-electron chi connectivity index (χ3n) is 3.27. The van der Waals surface area contributed by atoms with Crippen LogP contribution in [0.1, 0.15) is 36.2 Å². The van der Waals surface area contributed by atoms with Crippen molar-refractivity contribution in [1.29, 1.82) is 0 Å². The first-order valence-corrected chi connectivity index (χ1v) is 7.61. The van der Waals surface area contributed by atoms with E-state index < -0.39 is 5.91 Å². The monoisotopic (exact) mass is 323 g/mol. The number of carbonyl (C=O) groups excluding carboxylic acids is 2. The highest BCUT2D eigenvalue weighted by Crippen LogP contribution is 2.26. The molecule has 0 saturated heterocycles. The summed E-state index contributed by atoms with van der Waals surface area (Å²) in [6, 6.07) is 3.08. The lowest BCUT2D eigenvalue weighted by atomic mass is 10.0. The minimum absolute atomic E-state index is 0.00999. The molecule has 0 saturated carbocycles. The highest BCUT2D eigenvalue weighted by Gasteiger charge is 2.16. The Bertz CT molecular complexity index is 561. The van der Waals surface area contributed by atoms with Crippen molar-refractivity contribution in [3.63, 3.8) is 0 Å². The summed E-state index contributed by atoms with van der Waals surface area (Å²) in [5.41, 5.74) is 12.1. The molecule has 0 bridgehead atoms. The third-order valence-corrected chi connectivity index (χ3v) is 3.27. The number of amides is 2. The fraction of sp³-hybridized carbons (Fsp3) is 0.500. The van der Waals surface area contributed by atoms with Gasteiger partial charge in [-0.25, -0.2) is 0 Å². The van der Waals surface area contributed by atoms with Crippen LogP contribution in [0.25, 0.3) is 0 Å². The molecule has 128 valence electrons. The molecule has 1 aromatic carbocycles. The fourth-order valence-electron chi connectivity index (χ4n) is 1.91. The van der Waals surface area contributed by atoms with Crippen LogP contribution in [-0.4, -0.2) is 36.7 Å².